The van der Waals surface area contributed by atoms with E-state index in [9.17, 15) is 9.59 Å². The Balaban J connectivity index is 1.70. The Morgan fingerprint density at radius 1 is 1.30 bits per heavy atom. The van der Waals surface area contributed by atoms with Gasteiger partial charge >= 0.3 is 0 Å². The second kappa shape index (κ2) is 4.43. The van der Waals surface area contributed by atoms with Gasteiger partial charge in [-0.2, -0.15) is 0 Å². The molecule has 1 amide bonds. The summed E-state index contributed by atoms with van der Waals surface area (Å²) in [4.78, 5) is 26.9. The zero-order valence-electron chi connectivity index (χ0n) is 12.3. The zero-order valence-corrected chi connectivity index (χ0v) is 12.3. The van der Waals surface area contributed by atoms with Gasteiger partial charge in [0.25, 0.3) is 0 Å². The van der Waals surface area contributed by atoms with Crippen LogP contribution in [0.3, 0.4) is 0 Å². The number of nitrogens with zero attached hydrogens (tertiary/aromatic N) is 1. The lowest BCUT2D eigenvalue weighted by Gasteiger charge is -2.33. The molecule has 5 rings (SSSR count). The van der Waals surface area contributed by atoms with Crippen LogP contribution in [0.25, 0.3) is 6.08 Å². The lowest BCUT2D eigenvalue weighted by Crippen LogP contribution is -2.49. The van der Waals surface area contributed by atoms with Crippen molar-refractivity contribution in [1.29, 1.82) is 0 Å². The van der Waals surface area contributed by atoms with E-state index in [-0.39, 0.29) is 29.8 Å². The predicted molar refractivity (Wildman–Crippen MR) is 79.6 cm³/mol. The first-order valence-corrected chi connectivity index (χ1v) is 7.81. The van der Waals surface area contributed by atoms with Crippen LogP contribution in [0.15, 0.2) is 30.5 Å². The smallest absolute Gasteiger partial charge is 0.240 e. The van der Waals surface area contributed by atoms with Crippen molar-refractivity contribution >= 4 is 17.8 Å². The number of ether oxygens (including phenoxy) is 2. The molecule has 4 aliphatic rings. The topological polar surface area (TPSA) is 81.9 Å². The Bertz CT molecular complexity index is 746. The van der Waals surface area contributed by atoms with E-state index in [1.165, 1.54) is 0 Å². The van der Waals surface area contributed by atoms with E-state index in [4.69, 9.17) is 15.2 Å². The fourth-order valence-electron chi connectivity index (χ4n) is 4.65. The molecule has 6 atom stereocenters. The molecule has 3 fully saturated rings. The zero-order chi connectivity index (χ0) is 15.7. The molecule has 23 heavy (non-hydrogen) atoms. The van der Waals surface area contributed by atoms with Crippen LogP contribution in [0.5, 0.6) is 0 Å². The van der Waals surface area contributed by atoms with Crippen molar-refractivity contribution in [3.05, 3.63) is 41.6 Å². The predicted octanol–water partition coefficient (Wildman–Crippen LogP) is 0.438. The van der Waals surface area contributed by atoms with Gasteiger partial charge in [-0.25, -0.2) is 0 Å². The minimum Gasteiger partial charge on any atom is -0.368 e. The second-order valence-electron chi connectivity index (χ2n) is 6.53. The molecule has 3 saturated heterocycles. The van der Waals surface area contributed by atoms with Gasteiger partial charge in [0.2, 0.25) is 12.2 Å². The van der Waals surface area contributed by atoms with Gasteiger partial charge in [-0.1, -0.05) is 24.3 Å². The fraction of sp³-hybridized carbons (Fsp3) is 0.412. The number of benzene rings is 1. The maximum absolute atomic E-state index is 12.8. The number of fused-ring (bicyclic) bond motifs is 8. The van der Waals surface area contributed by atoms with Crippen molar-refractivity contribution in [3.63, 3.8) is 0 Å². The van der Waals surface area contributed by atoms with Crippen LogP contribution in [-0.2, 0) is 19.1 Å². The highest BCUT2D eigenvalue weighted by molar-refractivity contribution is 5.91. The summed E-state index contributed by atoms with van der Waals surface area (Å²) in [5, 5.41) is 0. The van der Waals surface area contributed by atoms with Gasteiger partial charge in [-0.3, -0.25) is 9.59 Å². The molecule has 0 spiro atoms. The van der Waals surface area contributed by atoms with E-state index in [0.717, 1.165) is 11.1 Å². The summed E-state index contributed by atoms with van der Waals surface area (Å²) in [7, 11) is 0. The Labute approximate surface area is 132 Å². The number of ketones is 1. The molecule has 0 radical (unpaired) electrons. The van der Waals surface area contributed by atoms with Crippen molar-refractivity contribution < 1.29 is 19.1 Å². The first-order chi connectivity index (χ1) is 11.2. The van der Waals surface area contributed by atoms with E-state index >= 15 is 0 Å². The molecule has 4 heterocycles. The maximum Gasteiger partial charge on any atom is 0.240 e. The van der Waals surface area contributed by atoms with Gasteiger partial charge < -0.3 is 20.1 Å². The van der Waals surface area contributed by atoms with Crippen molar-refractivity contribution in [3.8, 4) is 0 Å². The Morgan fingerprint density at radius 3 is 2.96 bits per heavy atom. The van der Waals surface area contributed by atoms with Gasteiger partial charge in [0.15, 0.2) is 5.78 Å². The van der Waals surface area contributed by atoms with Gasteiger partial charge in [0.1, 0.15) is 6.04 Å². The van der Waals surface area contributed by atoms with Crippen molar-refractivity contribution in [2.24, 2.45) is 17.6 Å². The Kier molecular flexibility index (Phi) is 2.56. The minimum atomic E-state index is -0.798. The second-order valence-corrected chi connectivity index (χ2v) is 6.53. The summed E-state index contributed by atoms with van der Waals surface area (Å²) in [6, 6.07) is 7.23. The monoisotopic (exact) mass is 312 g/mol. The number of hydrogen-bond acceptors (Lipinski definition) is 5. The van der Waals surface area contributed by atoms with Gasteiger partial charge in [0, 0.05) is 12.1 Å². The number of hydrogen-bond donors (Lipinski definition) is 1. The first-order valence-electron chi connectivity index (χ1n) is 7.81. The van der Waals surface area contributed by atoms with Crippen molar-refractivity contribution in [2.45, 2.75) is 24.5 Å². The quantitative estimate of drug-likeness (QED) is 0.813. The summed E-state index contributed by atoms with van der Waals surface area (Å²) in [6.45, 7) is 0.341. The number of carbonyl (C=O) groups excluding carboxylic acids is 2. The fourth-order valence-corrected chi connectivity index (χ4v) is 4.65. The van der Waals surface area contributed by atoms with Crippen LogP contribution >= 0.6 is 0 Å². The number of nitrogens with two attached hydrogens (primary N) is 1. The number of Topliss-reactive ketones (excluding diaryl/α,β-unsaturated/α-hetero) is 1. The highest BCUT2D eigenvalue weighted by Gasteiger charge is 2.63. The molecule has 0 aliphatic carbocycles. The average molecular weight is 312 g/mol. The molecule has 6 nitrogen and oxygen atoms in total. The first kappa shape index (κ1) is 13.3. The molecular formula is C17H16N2O4. The third kappa shape index (κ3) is 1.59. The summed E-state index contributed by atoms with van der Waals surface area (Å²) in [5.41, 5.74) is 7.82. The molecule has 4 aliphatic heterocycles. The highest BCUT2D eigenvalue weighted by atomic mass is 16.7. The molecule has 118 valence electrons. The van der Waals surface area contributed by atoms with Crippen LogP contribution in [0.2, 0.25) is 0 Å². The van der Waals surface area contributed by atoms with Crippen LogP contribution in [0.1, 0.15) is 17.2 Å². The summed E-state index contributed by atoms with van der Waals surface area (Å²) in [5.74, 6) is -1.09. The SMILES string of the molecule is NC(=O)C1C2C3COC(O3)C(=O)C2C2c3ccccc3C=CN12. The summed E-state index contributed by atoms with van der Waals surface area (Å²) in [6.07, 6.45) is 2.81. The third-order valence-corrected chi connectivity index (χ3v) is 5.49. The van der Waals surface area contributed by atoms with Crippen LogP contribution in [-0.4, -0.2) is 41.6 Å². The van der Waals surface area contributed by atoms with Crippen LogP contribution in [0, 0.1) is 11.8 Å². The molecule has 0 saturated carbocycles. The third-order valence-electron chi connectivity index (χ3n) is 5.49. The number of amides is 1. The normalized spacial score (nSPS) is 39.8. The Hall–Kier alpha value is -2.18. The Morgan fingerprint density at radius 2 is 2.13 bits per heavy atom. The minimum absolute atomic E-state index is 0.0763. The standard InChI is InChI=1S/C17H16N2O4/c18-16(21)14-11-10-7-22-17(23-10)15(20)12(11)13-9-4-2-1-3-8(9)5-6-19(13)14/h1-6,10-14,17H,7H2,(H2,18,21). The van der Waals surface area contributed by atoms with Gasteiger partial charge in [-0.15, -0.1) is 0 Å². The average Bonchev–Trinajstić information content (AvgIpc) is 3.13. The maximum atomic E-state index is 12.8. The van der Waals surface area contributed by atoms with Crippen LogP contribution < -0.4 is 5.73 Å². The number of rotatable bonds is 1. The number of carbonyl (C=O) groups is 2. The number of primary amides is 1. The molecule has 6 unspecified atom stereocenters. The van der Waals surface area contributed by atoms with Crippen molar-refractivity contribution in [2.75, 3.05) is 6.61 Å². The van der Waals surface area contributed by atoms with E-state index in [0.29, 0.717) is 6.61 Å². The summed E-state index contributed by atoms with van der Waals surface area (Å²) < 4.78 is 11.1. The van der Waals surface area contributed by atoms with E-state index < -0.39 is 18.2 Å². The molecular weight excluding hydrogens is 296 g/mol. The van der Waals surface area contributed by atoms with E-state index in [1.54, 1.807) is 0 Å². The highest BCUT2D eigenvalue weighted by Crippen LogP contribution is 2.53. The van der Waals surface area contributed by atoms with E-state index in [1.807, 2.05) is 41.4 Å². The molecule has 2 N–H and O–H groups in total. The molecule has 2 bridgehead atoms. The van der Waals surface area contributed by atoms with Crippen LogP contribution in [0.4, 0.5) is 0 Å². The molecule has 1 aromatic carbocycles. The van der Waals surface area contributed by atoms with E-state index in [2.05, 4.69) is 0 Å². The molecule has 1 aromatic rings. The molecule has 6 heteroatoms. The summed E-state index contributed by atoms with van der Waals surface area (Å²) >= 11 is 0. The largest absolute Gasteiger partial charge is 0.368 e. The lowest BCUT2D eigenvalue weighted by molar-refractivity contribution is -0.165. The lowest BCUT2D eigenvalue weighted by atomic mass is 9.76. The van der Waals surface area contributed by atoms with Gasteiger partial charge in [-0.05, 0) is 17.2 Å². The van der Waals surface area contributed by atoms with Crippen molar-refractivity contribution in [1.82, 2.24) is 4.90 Å². The van der Waals surface area contributed by atoms with Gasteiger partial charge in [0.05, 0.1) is 24.7 Å². The molecule has 0 aromatic heterocycles.